The summed E-state index contributed by atoms with van der Waals surface area (Å²) >= 11 is 0. The average molecular weight is 263 g/mol. The molecular weight excluding hydrogens is 242 g/mol. The fourth-order valence-corrected chi connectivity index (χ4v) is 2.17. The van der Waals surface area contributed by atoms with Crippen molar-refractivity contribution >= 4 is 5.91 Å². The van der Waals surface area contributed by atoms with Gasteiger partial charge < -0.3 is 14.8 Å². The monoisotopic (exact) mass is 263 g/mol. The Labute approximate surface area is 114 Å². The average Bonchev–Trinajstić information content (AvgIpc) is 2.92. The molecule has 2 unspecified atom stereocenters. The number of hydrogen-bond acceptors (Lipinski definition) is 3. The van der Waals surface area contributed by atoms with E-state index in [4.69, 9.17) is 9.47 Å². The van der Waals surface area contributed by atoms with Gasteiger partial charge in [0, 0.05) is 6.61 Å². The lowest BCUT2D eigenvalue weighted by atomic mass is 10.1. The van der Waals surface area contributed by atoms with Gasteiger partial charge in [-0.25, -0.2) is 0 Å². The van der Waals surface area contributed by atoms with Crippen LogP contribution in [0.15, 0.2) is 24.3 Å². The third kappa shape index (κ3) is 4.24. The van der Waals surface area contributed by atoms with Crippen LogP contribution in [-0.4, -0.2) is 31.3 Å². The Morgan fingerprint density at radius 1 is 1.47 bits per heavy atom. The molecule has 0 spiro atoms. The highest BCUT2D eigenvalue weighted by atomic mass is 16.5. The van der Waals surface area contributed by atoms with Gasteiger partial charge in [0.25, 0.3) is 5.91 Å². The first kappa shape index (κ1) is 13.9. The van der Waals surface area contributed by atoms with Crippen LogP contribution >= 0.6 is 0 Å². The number of rotatable bonds is 5. The molecule has 104 valence electrons. The molecule has 4 nitrogen and oxygen atoms in total. The smallest absolute Gasteiger partial charge is 0.258 e. The fraction of sp³-hybridized carbons (Fsp3) is 0.533. The van der Waals surface area contributed by atoms with Crippen LogP contribution in [0.3, 0.4) is 0 Å². The van der Waals surface area contributed by atoms with Crippen LogP contribution in [-0.2, 0) is 9.53 Å². The van der Waals surface area contributed by atoms with E-state index in [0.29, 0.717) is 5.75 Å². The summed E-state index contributed by atoms with van der Waals surface area (Å²) in [5.41, 5.74) is 1.17. The van der Waals surface area contributed by atoms with Crippen molar-refractivity contribution in [1.29, 1.82) is 0 Å². The van der Waals surface area contributed by atoms with Gasteiger partial charge in [-0.3, -0.25) is 4.79 Å². The van der Waals surface area contributed by atoms with Crippen molar-refractivity contribution in [2.45, 2.75) is 38.8 Å². The van der Waals surface area contributed by atoms with Crippen molar-refractivity contribution in [2.24, 2.45) is 0 Å². The highest BCUT2D eigenvalue weighted by molar-refractivity contribution is 5.77. The van der Waals surface area contributed by atoms with E-state index in [1.165, 1.54) is 5.56 Å². The Hall–Kier alpha value is -1.55. The van der Waals surface area contributed by atoms with Gasteiger partial charge in [0.1, 0.15) is 5.75 Å². The summed E-state index contributed by atoms with van der Waals surface area (Å²) < 4.78 is 11.0. The number of carbonyl (C=O) groups is 1. The summed E-state index contributed by atoms with van der Waals surface area (Å²) in [5.74, 6) is 0.606. The second-order valence-corrected chi connectivity index (χ2v) is 5.01. The van der Waals surface area contributed by atoms with E-state index in [2.05, 4.69) is 5.32 Å². The first-order valence-corrected chi connectivity index (χ1v) is 6.75. The van der Waals surface area contributed by atoms with Crippen LogP contribution in [0.4, 0.5) is 0 Å². The fourth-order valence-electron chi connectivity index (χ4n) is 2.17. The number of carbonyl (C=O) groups excluding carboxylic acids is 1. The zero-order chi connectivity index (χ0) is 13.7. The van der Waals surface area contributed by atoms with E-state index in [1.54, 1.807) is 0 Å². The second-order valence-electron chi connectivity index (χ2n) is 5.01. The summed E-state index contributed by atoms with van der Waals surface area (Å²) in [6.45, 7) is 4.82. The number of ether oxygens (including phenoxy) is 2. The van der Waals surface area contributed by atoms with Crippen LogP contribution in [0.2, 0.25) is 0 Å². The highest BCUT2D eigenvalue weighted by Crippen LogP contribution is 2.15. The lowest BCUT2D eigenvalue weighted by Gasteiger charge is -2.20. The van der Waals surface area contributed by atoms with Crippen molar-refractivity contribution in [2.75, 3.05) is 13.2 Å². The molecule has 1 aliphatic heterocycles. The first-order chi connectivity index (χ1) is 9.15. The maximum atomic E-state index is 11.8. The molecule has 4 heteroatoms. The predicted molar refractivity (Wildman–Crippen MR) is 73.3 cm³/mol. The van der Waals surface area contributed by atoms with Crippen LogP contribution in [0.25, 0.3) is 0 Å². The number of nitrogens with one attached hydrogen (secondary N) is 1. The zero-order valence-electron chi connectivity index (χ0n) is 11.5. The molecule has 2 atom stereocenters. The number of benzene rings is 1. The topological polar surface area (TPSA) is 47.6 Å². The zero-order valence-corrected chi connectivity index (χ0v) is 11.5. The summed E-state index contributed by atoms with van der Waals surface area (Å²) in [4.78, 5) is 11.8. The van der Waals surface area contributed by atoms with Crippen molar-refractivity contribution in [3.63, 3.8) is 0 Å². The molecule has 0 aromatic heterocycles. The molecule has 1 heterocycles. The Kier molecular flexibility index (Phi) is 4.80. The van der Waals surface area contributed by atoms with E-state index in [0.717, 1.165) is 19.4 Å². The lowest BCUT2D eigenvalue weighted by Crippen LogP contribution is -2.42. The third-order valence-electron chi connectivity index (χ3n) is 3.30. The standard InChI is InChI=1S/C15H21NO3/c1-11-5-7-13(8-6-11)19-10-15(17)16-12(2)14-4-3-9-18-14/h5-8,12,14H,3-4,9-10H2,1-2H3,(H,16,17). The van der Waals surface area contributed by atoms with E-state index in [9.17, 15) is 4.79 Å². The van der Waals surface area contributed by atoms with Gasteiger partial charge in [0.05, 0.1) is 12.1 Å². The highest BCUT2D eigenvalue weighted by Gasteiger charge is 2.23. The van der Waals surface area contributed by atoms with E-state index in [1.807, 2.05) is 38.1 Å². The molecule has 0 aliphatic carbocycles. The van der Waals surface area contributed by atoms with E-state index < -0.39 is 0 Å². The molecule has 1 fully saturated rings. The van der Waals surface area contributed by atoms with Gasteiger partial charge in [-0.1, -0.05) is 17.7 Å². The minimum atomic E-state index is -0.108. The van der Waals surface area contributed by atoms with E-state index >= 15 is 0 Å². The minimum Gasteiger partial charge on any atom is -0.484 e. The molecule has 1 saturated heterocycles. The van der Waals surface area contributed by atoms with Crippen molar-refractivity contribution < 1.29 is 14.3 Å². The van der Waals surface area contributed by atoms with Gasteiger partial charge in [-0.15, -0.1) is 0 Å². The Morgan fingerprint density at radius 3 is 2.84 bits per heavy atom. The summed E-state index contributed by atoms with van der Waals surface area (Å²) in [7, 11) is 0. The second kappa shape index (κ2) is 6.57. The molecule has 1 amide bonds. The summed E-state index contributed by atoms with van der Waals surface area (Å²) in [5, 5.41) is 2.91. The SMILES string of the molecule is Cc1ccc(OCC(=O)NC(C)C2CCCO2)cc1. The van der Waals surface area contributed by atoms with Gasteiger partial charge in [-0.2, -0.15) is 0 Å². The molecule has 1 aromatic carbocycles. The van der Waals surface area contributed by atoms with Crippen molar-refractivity contribution in [3.8, 4) is 5.75 Å². The predicted octanol–water partition coefficient (Wildman–Crippen LogP) is 2.06. The largest absolute Gasteiger partial charge is 0.484 e. The number of hydrogen-bond donors (Lipinski definition) is 1. The molecule has 0 radical (unpaired) electrons. The van der Waals surface area contributed by atoms with E-state index in [-0.39, 0.29) is 24.7 Å². The van der Waals surface area contributed by atoms with Crippen LogP contribution in [0, 0.1) is 6.92 Å². The van der Waals surface area contributed by atoms with Crippen LogP contribution in [0.1, 0.15) is 25.3 Å². The number of amides is 1. The molecule has 1 aliphatic rings. The summed E-state index contributed by atoms with van der Waals surface area (Å²) in [6.07, 6.45) is 2.23. The lowest BCUT2D eigenvalue weighted by molar-refractivity contribution is -0.124. The molecule has 1 N–H and O–H groups in total. The Bertz CT molecular complexity index is 410. The van der Waals surface area contributed by atoms with Crippen molar-refractivity contribution in [3.05, 3.63) is 29.8 Å². The van der Waals surface area contributed by atoms with Gasteiger partial charge in [0.2, 0.25) is 0 Å². The van der Waals surface area contributed by atoms with Crippen molar-refractivity contribution in [1.82, 2.24) is 5.32 Å². The normalized spacial score (nSPS) is 20.0. The van der Waals surface area contributed by atoms with Gasteiger partial charge in [0.15, 0.2) is 6.61 Å². The molecule has 0 bridgehead atoms. The third-order valence-corrected chi connectivity index (χ3v) is 3.30. The molecule has 1 aromatic rings. The Balaban J connectivity index is 1.73. The number of aryl methyl sites for hydroxylation is 1. The maximum Gasteiger partial charge on any atom is 0.258 e. The quantitative estimate of drug-likeness (QED) is 0.884. The summed E-state index contributed by atoms with van der Waals surface area (Å²) in [6, 6.07) is 7.69. The van der Waals surface area contributed by atoms with Crippen LogP contribution < -0.4 is 10.1 Å². The maximum absolute atomic E-state index is 11.8. The molecule has 19 heavy (non-hydrogen) atoms. The molecular formula is C15H21NO3. The van der Waals surface area contributed by atoms with Gasteiger partial charge >= 0.3 is 0 Å². The first-order valence-electron chi connectivity index (χ1n) is 6.75. The molecule has 2 rings (SSSR count). The Morgan fingerprint density at radius 2 is 2.21 bits per heavy atom. The minimum absolute atomic E-state index is 0.0385. The molecule has 0 saturated carbocycles. The van der Waals surface area contributed by atoms with Crippen LogP contribution in [0.5, 0.6) is 5.75 Å². The van der Waals surface area contributed by atoms with Gasteiger partial charge in [-0.05, 0) is 38.8 Å².